The van der Waals surface area contributed by atoms with Crippen molar-refractivity contribution in [2.45, 2.75) is 48.9 Å². The maximum atomic E-state index is 13.9. The largest absolute Gasteiger partial charge is 0.385 e. The molecule has 2 bridgehead atoms. The predicted octanol–water partition coefficient (Wildman–Crippen LogP) is 5.81. The summed E-state index contributed by atoms with van der Waals surface area (Å²) in [6.45, 7) is 3.89. The number of hydrogen-bond donors (Lipinski definition) is 2. The van der Waals surface area contributed by atoms with Gasteiger partial charge in [-0.15, -0.1) is 0 Å². The summed E-state index contributed by atoms with van der Waals surface area (Å²) in [5.74, 6) is -6.02. The molecule has 39 heavy (non-hydrogen) atoms. The minimum atomic E-state index is -4.04. The SMILES string of the molecule is Cc1cnccc1[C@@]1(O)C2C[C@@H](S(=O)(=O)c3cc(C(=O)Nc4cc(F)c(F)c(F)c4)ccc3Cl)CC1[C@@H](C)C2. The summed E-state index contributed by atoms with van der Waals surface area (Å²) in [5.41, 5.74) is -0.0198. The molecule has 2 N–H and O–H groups in total. The van der Waals surface area contributed by atoms with Crippen LogP contribution in [0, 0.1) is 42.1 Å². The molecule has 11 heteroatoms. The minimum absolute atomic E-state index is 0.0726. The van der Waals surface area contributed by atoms with Crippen LogP contribution in [0.1, 0.15) is 47.7 Å². The van der Waals surface area contributed by atoms with Crippen LogP contribution >= 0.6 is 11.6 Å². The first-order chi connectivity index (χ1) is 18.3. The zero-order valence-corrected chi connectivity index (χ0v) is 22.7. The Kier molecular flexibility index (Phi) is 7.01. The van der Waals surface area contributed by atoms with Gasteiger partial charge in [0.1, 0.15) is 0 Å². The van der Waals surface area contributed by atoms with E-state index in [0.29, 0.717) is 18.6 Å². The van der Waals surface area contributed by atoms with E-state index in [1.807, 2.05) is 13.8 Å². The fourth-order valence-electron chi connectivity index (χ4n) is 6.38. The highest BCUT2D eigenvalue weighted by Crippen LogP contribution is 2.59. The molecule has 3 aromatic rings. The number of anilines is 1. The fourth-order valence-corrected chi connectivity index (χ4v) is 8.76. The Hall–Kier alpha value is -2.95. The summed E-state index contributed by atoms with van der Waals surface area (Å²) >= 11 is 6.31. The molecule has 5 atom stereocenters. The van der Waals surface area contributed by atoms with Crippen LogP contribution in [0.25, 0.3) is 0 Å². The Balaban J connectivity index is 1.44. The summed E-state index contributed by atoms with van der Waals surface area (Å²) in [6.07, 6.45) is 4.39. The average Bonchev–Trinajstić information content (AvgIpc) is 3.00. The number of fused-ring (bicyclic) bond motifs is 2. The van der Waals surface area contributed by atoms with Gasteiger partial charge < -0.3 is 10.4 Å². The number of pyridine rings is 1. The lowest BCUT2D eigenvalue weighted by atomic mass is 9.69. The van der Waals surface area contributed by atoms with E-state index in [4.69, 9.17) is 11.6 Å². The fraction of sp³-hybridized carbons (Fsp3) is 0.357. The molecule has 2 aliphatic rings. The molecule has 0 spiro atoms. The van der Waals surface area contributed by atoms with Crippen molar-refractivity contribution in [2.24, 2.45) is 17.8 Å². The molecule has 1 heterocycles. The highest BCUT2D eigenvalue weighted by atomic mass is 35.5. The molecule has 2 fully saturated rings. The number of nitrogens with one attached hydrogen (secondary N) is 1. The third kappa shape index (κ3) is 4.62. The molecule has 1 amide bonds. The van der Waals surface area contributed by atoms with Gasteiger partial charge in [0.25, 0.3) is 5.91 Å². The number of rotatable bonds is 5. The van der Waals surface area contributed by atoms with Crippen LogP contribution in [0.2, 0.25) is 5.02 Å². The van der Waals surface area contributed by atoms with Gasteiger partial charge in [0, 0.05) is 35.8 Å². The third-order valence-corrected chi connectivity index (χ3v) is 10.9. The normalized spacial score (nSPS) is 26.4. The minimum Gasteiger partial charge on any atom is -0.385 e. The van der Waals surface area contributed by atoms with Gasteiger partial charge in [0.15, 0.2) is 27.3 Å². The van der Waals surface area contributed by atoms with Crippen LogP contribution in [-0.2, 0) is 15.4 Å². The van der Waals surface area contributed by atoms with Crippen LogP contribution in [0.15, 0.2) is 53.7 Å². The van der Waals surface area contributed by atoms with E-state index in [1.165, 1.54) is 12.1 Å². The maximum absolute atomic E-state index is 13.9. The Morgan fingerprint density at radius 2 is 1.79 bits per heavy atom. The van der Waals surface area contributed by atoms with Gasteiger partial charge in [-0.1, -0.05) is 18.5 Å². The molecule has 2 saturated carbocycles. The van der Waals surface area contributed by atoms with E-state index >= 15 is 0 Å². The number of aliphatic hydroxyl groups is 1. The highest BCUT2D eigenvalue weighted by molar-refractivity contribution is 7.92. The number of hydrogen-bond acceptors (Lipinski definition) is 5. The molecule has 6 nitrogen and oxygen atoms in total. The zero-order chi connectivity index (χ0) is 28.3. The van der Waals surface area contributed by atoms with Crippen LogP contribution < -0.4 is 5.32 Å². The first-order valence-electron chi connectivity index (χ1n) is 12.5. The molecule has 0 aliphatic heterocycles. The number of carbonyl (C=O) groups excluding carboxylic acids is 1. The first-order valence-corrected chi connectivity index (χ1v) is 14.4. The van der Waals surface area contributed by atoms with Crippen LogP contribution in [-0.4, -0.2) is 29.7 Å². The number of amides is 1. The number of benzene rings is 2. The number of halogens is 4. The van der Waals surface area contributed by atoms with Gasteiger partial charge in [-0.25, -0.2) is 21.6 Å². The standard InChI is InChI=1S/C28H26ClF3N2O4S/c1-14-7-17-9-19(12-21(14)28(17,36)20-5-6-33-13-15(20)2)39(37,38)25-8-16(3-4-22(25)29)27(35)34-18-10-23(30)26(32)24(31)11-18/h3-6,8,10-11,13-14,17,19,21,36H,7,9,12H2,1-2H3,(H,34,35)/t14-,17?,19+,21?,28-/m0/s1. The van der Waals surface area contributed by atoms with E-state index in [-0.39, 0.29) is 51.8 Å². The molecule has 0 saturated heterocycles. The van der Waals surface area contributed by atoms with Crippen molar-refractivity contribution in [3.8, 4) is 0 Å². The smallest absolute Gasteiger partial charge is 0.255 e. The van der Waals surface area contributed by atoms with Gasteiger partial charge in [-0.05, 0) is 79.3 Å². The number of aryl methyl sites for hydroxylation is 1. The molecule has 2 aromatic carbocycles. The topological polar surface area (TPSA) is 96.4 Å². The molecule has 1 aromatic heterocycles. The number of nitrogens with zero attached hydrogens (tertiary/aromatic N) is 1. The highest BCUT2D eigenvalue weighted by Gasteiger charge is 2.59. The lowest BCUT2D eigenvalue weighted by molar-refractivity contribution is -0.0703. The molecule has 206 valence electrons. The molecule has 2 aliphatic carbocycles. The van der Waals surface area contributed by atoms with Crippen molar-refractivity contribution in [3.05, 3.63) is 88.0 Å². The Morgan fingerprint density at radius 1 is 1.10 bits per heavy atom. The number of carbonyl (C=O) groups is 1. The summed E-state index contributed by atoms with van der Waals surface area (Å²) in [7, 11) is -4.04. The van der Waals surface area contributed by atoms with Crippen LogP contribution in [0.4, 0.5) is 18.9 Å². The second-order valence-corrected chi connectivity index (χ2v) is 13.1. The van der Waals surface area contributed by atoms with Crippen molar-refractivity contribution in [3.63, 3.8) is 0 Å². The summed E-state index contributed by atoms with van der Waals surface area (Å²) in [6, 6.07) is 6.71. The van der Waals surface area contributed by atoms with Gasteiger partial charge in [0.2, 0.25) is 0 Å². The average molecular weight is 579 g/mol. The molecular formula is C28H26ClF3N2O4S. The molecular weight excluding hydrogens is 553 g/mol. The molecule has 0 radical (unpaired) electrons. The van der Waals surface area contributed by atoms with E-state index in [2.05, 4.69) is 10.3 Å². The molecule has 5 rings (SSSR count). The third-order valence-electron chi connectivity index (χ3n) is 8.23. The second kappa shape index (κ2) is 9.91. The Morgan fingerprint density at radius 3 is 2.44 bits per heavy atom. The molecule has 2 unspecified atom stereocenters. The van der Waals surface area contributed by atoms with E-state index in [9.17, 15) is 31.5 Å². The van der Waals surface area contributed by atoms with Gasteiger partial charge >= 0.3 is 0 Å². The van der Waals surface area contributed by atoms with Crippen molar-refractivity contribution < 1.29 is 31.5 Å². The van der Waals surface area contributed by atoms with E-state index in [0.717, 1.165) is 17.2 Å². The number of sulfone groups is 1. The summed E-state index contributed by atoms with van der Waals surface area (Å²) < 4.78 is 68.1. The predicted molar refractivity (Wildman–Crippen MR) is 140 cm³/mol. The zero-order valence-electron chi connectivity index (χ0n) is 21.1. The Labute approximate surface area is 229 Å². The van der Waals surface area contributed by atoms with Gasteiger partial charge in [-0.2, -0.15) is 0 Å². The van der Waals surface area contributed by atoms with Crippen LogP contribution in [0.5, 0.6) is 0 Å². The van der Waals surface area contributed by atoms with Crippen molar-refractivity contribution in [1.29, 1.82) is 0 Å². The van der Waals surface area contributed by atoms with Crippen LogP contribution in [0.3, 0.4) is 0 Å². The van der Waals surface area contributed by atoms with E-state index < -0.39 is 44.0 Å². The lowest BCUT2D eigenvalue weighted by Gasteiger charge is -2.44. The van der Waals surface area contributed by atoms with E-state index in [1.54, 1.807) is 18.5 Å². The van der Waals surface area contributed by atoms with Crippen molar-refractivity contribution in [1.82, 2.24) is 4.98 Å². The monoisotopic (exact) mass is 578 g/mol. The van der Waals surface area contributed by atoms with Gasteiger partial charge in [0.05, 0.1) is 20.8 Å². The summed E-state index contributed by atoms with van der Waals surface area (Å²) in [4.78, 5) is 16.7. The number of aromatic nitrogens is 1. The summed E-state index contributed by atoms with van der Waals surface area (Å²) in [5, 5.41) is 13.3. The second-order valence-electron chi connectivity index (χ2n) is 10.5. The first kappa shape index (κ1) is 27.6. The quantitative estimate of drug-likeness (QED) is 0.373. The van der Waals surface area contributed by atoms with Crippen molar-refractivity contribution in [2.75, 3.05) is 5.32 Å². The van der Waals surface area contributed by atoms with Crippen molar-refractivity contribution >= 4 is 33.0 Å². The van der Waals surface area contributed by atoms with Gasteiger partial charge in [-0.3, -0.25) is 9.78 Å². The Bertz CT molecular complexity index is 1560. The lowest BCUT2D eigenvalue weighted by Crippen LogP contribution is -2.47. The maximum Gasteiger partial charge on any atom is 0.255 e.